The minimum atomic E-state index is -0.614. The number of hydrogen-bond acceptors (Lipinski definition) is 7. The van der Waals surface area contributed by atoms with Gasteiger partial charge in [-0.25, -0.2) is 8.78 Å². The molecule has 266 valence electrons. The standard InChI is InChI=1S/C35H40F2N6O4S3/c1-18-16-21(37)6-11-26(18)43-35(50)41-15-13-39-32(45)28-25-17-24(29-30(25)47-33(46-29)19-2-9-23(48)10-3-19)27(28)31(44)38-12-14-40-34(49)42-22-7-4-20(36)5-8-22/h2-11,16,18,24-30,33,48H,12-15,17H2,1H3,(H,38,44)(H,39,45)(H2,40,42,49)(H2,41,43,50). The van der Waals surface area contributed by atoms with Gasteiger partial charge in [-0.2, -0.15) is 0 Å². The SMILES string of the molecule is CC1C=C(F)C=CC1NC(=S)NCCNC(=O)C1C2CC(C3OC(c4ccc(S)cc4)OC23)C1C(=O)NCCNC(=S)Nc1ccc(F)cc1. The highest BCUT2D eigenvalue weighted by Gasteiger charge is 2.66. The zero-order chi connectivity index (χ0) is 35.4. The Morgan fingerprint density at radius 3 is 1.96 bits per heavy atom. The van der Waals surface area contributed by atoms with E-state index in [4.69, 9.17) is 33.9 Å². The second-order valence-corrected chi connectivity index (χ2v) is 14.2. The van der Waals surface area contributed by atoms with Crippen LogP contribution >= 0.6 is 37.1 Å². The number of anilines is 1. The van der Waals surface area contributed by atoms with Crippen molar-refractivity contribution in [3.05, 3.63) is 84.0 Å². The number of thiocarbonyl (C=S) groups is 2. The summed E-state index contributed by atoms with van der Waals surface area (Å²) < 4.78 is 39.5. The molecule has 6 rings (SSSR count). The Balaban J connectivity index is 1.04. The molecule has 0 radical (unpaired) electrons. The van der Waals surface area contributed by atoms with E-state index in [1.54, 1.807) is 18.2 Å². The first kappa shape index (κ1) is 36.2. The van der Waals surface area contributed by atoms with E-state index in [1.807, 2.05) is 31.2 Å². The quantitative estimate of drug-likeness (QED) is 0.104. The Hall–Kier alpha value is -3.63. The van der Waals surface area contributed by atoms with Crippen LogP contribution in [0.25, 0.3) is 0 Å². The van der Waals surface area contributed by atoms with Gasteiger partial charge in [0.1, 0.15) is 11.6 Å². The first-order chi connectivity index (χ1) is 24.1. The molecule has 1 aliphatic heterocycles. The molecule has 2 aromatic rings. The number of benzene rings is 2. The topological polar surface area (TPSA) is 125 Å². The van der Waals surface area contributed by atoms with Crippen molar-refractivity contribution in [2.45, 2.75) is 42.8 Å². The average Bonchev–Trinajstić information content (AvgIpc) is 3.79. The maximum atomic E-state index is 13.8. The number of ether oxygens (including phenoxy) is 2. The van der Waals surface area contributed by atoms with Crippen LogP contribution in [0.4, 0.5) is 14.5 Å². The van der Waals surface area contributed by atoms with Gasteiger partial charge in [-0.1, -0.05) is 25.1 Å². The van der Waals surface area contributed by atoms with Crippen molar-refractivity contribution in [2.24, 2.45) is 29.6 Å². The first-order valence-corrected chi connectivity index (χ1v) is 17.9. The van der Waals surface area contributed by atoms with Gasteiger partial charge < -0.3 is 41.4 Å². The van der Waals surface area contributed by atoms with Gasteiger partial charge in [0, 0.05) is 60.1 Å². The van der Waals surface area contributed by atoms with Crippen molar-refractivity contribution in [2.75, 3.05) is 31.5 Å². The fraction of sp³-hybridized carbons (Fsp3) is 0.429. The summed E-state index contributed by atoms with van der Waals surface area (Å²) in [5.74, 6) is -2.78. The second-order valence-electron chi connectivity index (χ2n) is 12.9. The lowest BCUT2D eigenvalue weighted by Crippen LogP contribution is -2.53. The molecule has 0 spiro atoms. The normalized spacial score (nSPS) is 29.0. The minimum Gasteiger partial charge on any atom is -0.361 e. The number of fused-ring (bicyclic) bond motifs is 5. The molecular formula is C35H40F2N6O4S3. The molecule has 2 saturated carbocycles. The molecule has 3 fully saturated rings. The summed E-state index contributed by atoms with van der Waals surface area (Å²) in [7, 11) is 0. The lowest BCUT2D eigenvalue weighted by Gasteiger charge is -2.34. The van der Waals surface area contributed by atoms with Gasteiger partial charge in [0.15, 0.2) is 16.5 Å². The Morgan fingerprint density at radius 2 is 1.38 bits per heavy atom. The highest BCUT2D eigenvalue weighted by Crippen LogP contribution is 2.58. The molecule has 4 aliphatic rings. The van der Waals surface area contributed by atoms with E-state index in [0.717, 1.165) is 10.5 Å². The first-order valence-electron chi connectivity index (χ1n) is 16.6. The number of nitrogens with one attached hydrogen (secondary N) is 6. The molecular weight excluding hydrogens is 703 g/mol. The zero-order valence-corrected chi connectivity index (χ0v) is 29.8. The smallest absolute Gasteiger partial charge is 0.224 e. The van der Waals surface area contributed by atoms with Gasteiger partial charge in [0.2, 0.25) is 11.8 Å². The maximum Gasteiger partial charge on any atom is 0.224 e. The lowest BCUT2D eigenvalue weighted by atomic mass is 9.75. The van der Waals surface area contributed by atoms with Gasteiger partial charge in [-0.3, -0.25) is 9.59 Å². The van der Waals surface area contributed by atoms with E-state index < -0.39 is 18.1 Å². The van der Waals surface area contributed by atoms with Crippen LogP contribution in [0.1, 0.15) is 25.2 Å². The average molecular weight is 743 g/mol. The van der Waals surface area contributed by atoms with Crippen molar-refractivity contribution in [1.29, 1.82) is 0 Å². The van der Waals surface area contributed by atoms with Gasteiger partial charge >= 0.3 is 0 Å². The zero-order valence-electron chi connectivity index (χ0n) is 27.2. The largest absolute Gasteiger partial charge is 0.361 e. The predicted molar refractivity (Wildman–Crippen MR) is 196 cm³/mol. The number of halogens is 2. The number of hydrogen-bond donors (Lipinski definition) is 7. The van der Waals surface area contributed by atoms with Gasteiger partial charge in [0.05, 0.1) is 30.1 Å². The number of carbonyl (C=O) groups is 2. The minimum absolute atomic E-state index is 0.0710. The van der Waals surface area contributed by atoms with E-state index in [9.17, 15) is 18.4 Å². The van der Waals surface area contributed by atoms with Crippen LogP contribution in [0.3, 0.4) is 0 Å². The fourth-order valence-electron chi connectivity index (χ4n) is 7.31. The third-order valence-corrected chi connectivity index (χ3v) is 10.4. The molecule has 1 saturated heterocycles. The summed E-state index contributed by atoms with van der Waals surface area (Å²) in [4.78, 5) is 28.4. The second kappa shape index (κ2) is 16.1. The molecule has 6 N–H and O–H groups in total. The fourth-order valence-corrected chi connectivity index (χ4v) is 7.92. The van der Waals surface area contributed by atoms with Crippen molar-refractivity contribution in [3.63, 3.8) is 0 Å². The lowest BCUT2D eigenvalue weighted by molar-refractivity contribution is -0.140. The third kappa shape index (κ3) is 8.45. The molecule has 9 atom stereocenters. The number of carbonyl (C=O) groups excluding carboxylic acids is 2. The summed E-state index contributed by atoms with van der Waals surface area (Å²) in [5, 5.41) is 19.0. The number of amides is 2. The summed E-state index contributed by atoms with van der Waals surface area (Å²) >= 11 is 15.1. The van der Waals surface area contributed by atoms with Gasteiger partial charge in [0.25, 0.3) is 0 Å². The molecule has 3 aliphatic carbocycles. The predicted octanol–water partition coefficient (Wildman–Crippen LogP) is 3.89. The van der Waals surface area contributed by atoms with E-state index in [0.29, 0.717) is 35.4 Å². The molecule has 2 aromatic carbocycles. The molecule has 15 heteroatoms. The highest BCUT2D eigenvalue weighted by molar-refractivity contribution is 7.80. The summed E-state index contributed by atoms with van der Waals surface area (Å²) in [6.07, 6.45) is 4.06. The van der Waals surface area contributed by atoms with Crippen LogP contribution in [-0.2, 0) is 19.1 Å². The highest BCUT2D eigenvalue weighted by atomic mass is 32.1. The van der Waals surface area contributed by atoms with E-state index in [2.05, 4.69) is 44.5 Å². The van der Waals surface area contributed by atoms with Crippen molar-refractivity contribution < 1.29 is 27.8 Å². The molecule has 9 unspecified atom stereocenters. The van der Waals surface area contributed by atoms with Crippen LogP contribution in [0, 0.1) is 35.4 Å². The van der Waals surface area contributed by atoms with Crippen LogP contribution in [0.5, 0.6) is 0 Å². The Kier molecular flexibility index (Phi) is 11.7. The maximum absolute atomic E-state index is 13.8. The van der Waals surface area contributed by atoms with Crippen LogP contribution in [0.15, 0.2) is 77.5 Å². The molecule has 50 heavy (non-hydrogen) atoms. The number of allylic oxidation sites excluding steroid dienone is 2. The summed E-state index contributed by atoms with van der Waals surface area (Å²) in [6, 6.07) is 13.2. The van der Waals surface area contributed by atoms with E-state index in [-0.39, 0.29) is 72.6 Å². The Morgan fingerprint density at radius 1 is 0.820 bits per heavy atom. The number of rotatable bonds is 11. The van der Waals surface area contributed by atoms with Crippen LogP contribution in [0.2, 0.25) is 0 Å². The molecule has 2 amide bonds. The van der Waals surface area contributed by atoms with Gasteiger partial charge in [-0.05, 0) is 79.4 Å². The van der Waals surface area contributed by atoms with Gasteiger partial charge in [-0.15, -0.1) is 12.6 Å². The van der Waals surface area contributed by atoms with Crippen molar-refractivity contribution in [3.8, 4) is 0 Å². The van der Waals surface area contributed by atoms with Crippen molar-refractivity contribution >= 4 is 64.8 Å². The Labute approximate surface area is 306 Å². The Bertz CT molecular complexity index is 1650. The summed E-state index contributed by atoms with van der Waals surface area (Å²) in [6.45, 7) is 3.14. The van der Waals surface area contributed by atoms with E-state index >= 15 is 0 Å². The van der Waals surface area contributed by atoms with E-state index in [1.165, 1.54) is 24.3 Å². The number of thiol groups is 1. The third-order valence-electron chi connectivity index (χ3n) is 9.62. The van der Waals surface area contributed by atoms with Crippen LogP contribution in [-0.4, -0.2) is 66.5 Å². The van der Waals surface area contributed by atoms with Crippen molar-refractivity contribution in [1.82, 2.24) is 26.6 Å². The molecule has 0 aromatic heterocycles. The molecule has 10 nitrogen and oxygen atoms in total. The van der Waals surface area contributed by atoms with Crippen LogP contribution < -0.4 is 31.9 Å². The molecule has 1 heterocycles. The molecule has 2 bridgehead atoms. The monoisotopic (exact) mass is 742 g/mol. The summed E-state index contributed by atoms with van der Waals surface area (Å²) in [5.41, 5.74) is 1.49.